The minimum absolute atomic E-state index is 0.0470. The van der Waals surface area contributed by atoms with Crippen molar-refractivity contribution >= 4 is 52.8 Å². The van der Waals surface area contributed by atoms with Gasteiger partial charge in [0.05, 0.1) is 12.7 Å². The summed E-state index contributed by atoms with van der Waals surface area (Å²) in [5.74, 6) is -1.36. The molecular weight excluding hydrogens is 404 g/mol. The van der Waals surface area contributed by atoms with Gasteiger partial charge in [0.1, 0.15) is 5.57 Å². The van der Waals surface area contributed by atoms with Crippen molar-refractivity contribution in [3.8, 4) is 11.5 Å². The predicted octanol–water partition coefficient (Wildman–Crippen LogP) is 2.48. The Morgan fingerprint density at radius 2 is 1.68 bits per heavy atom. The minimum Gasteiger partial charge on any atom is -0.493 e. The van der Waals surface area contributed by atoms with Gasteiger partial charge in [-0.25, -0.2) is 4.79 Å². The molecule has 0 atom stereocenters. The van der Waals surface area contributed by atoms with Gasteiger partial charge in [-0.1, -0.05) is 17.7 Å². The zero-order chi connectivity index (χ0) is 20.3. The van der Waals surface area contributed by atoms with E-state index in [0.717, 1.165) is 0 Å². The number of methoxy groups -OCH3 is 1. The second kappa shape index (κ2) is 8.20. The fourth-order valence-electron chi connectivity index (χ4n) is 2.38. The molecule has 2 N–H and O–H groups in total. The van der Waals surface area contributed by atoms with Crippen LogP contribution in [-0.4, -0.2) is 30.0 Å². The highest BCUT2D eigenvalue weighted by atomic mass is 35.5. The highest BCUT2D eigenvalue weighted by Gasteiger charge is 2.25. The Balaban J connectivity index is 1.84. The Kier molecular flexibility index (Phi) is 5.72. The molecule has 1 aliphatic rings. The van der Waals surface area contributed by atoms with Crippen molar-refractivity contribution in [2.24, 2.45) is 0 Å². The maximum Gasteiger partial charge on any atom is 0.343 e. The van der Waals surface area contributed by atoms with E-state index in [9.17, 15) is 14.4 Å². The van der Waals surface area contributed by atoms with Crippen LogP contribution in [0.25, 0.3) is 6.08 Å². The van der Waals surface area contributed by atoms with Gasteiger partial charge in [0.15, 0.2) is 16.6 Å². The summed E-state index contributed by atoms with van der Waals surface area (Å²) in [7, 11) is 1.41. The lowest BCUT2D eigenvalue weighted by Gasteiger charge is -2.16. The molecule has 2 aromatic carbocycles. The molecule has 2 aromatic rings. The number of carbonyl (C=O) groups is 3. The average molecular weight is 417 g/mol. The second-order valence-electron chi connectivity index (χ2n) is 5.60. The van der Waals surface area contributed by atoms with Gasteiger partial charge in [0.2, 0.25) is 0 Å². The van der Waals surface area contributed by atoms with E-state index >= 15 is 0 Å². The third kappa shape index (κ3) is 4.36. The summed E-state index contributed by atoms with van der Waals surface area (Å²) in [6.45, 7) is 0. The number of halogens is 1. The van der Waals surface area contributed by atoms with Crippen molar-refractivity contribution in [3.63, 3.8) is 0 Å². The highest BCUT2D eigenvalue weighted by Crippen LogP contribution is 2.30. The Labute approximate surface area is 170 Å². The van der Waals surface area contributed by atoms with Crippen LogP contribution in [0, 0.1) is 0 Å². The van der Waals surface area contributed by atoms with Crippen molar-refractivity contribution in [1.82, 2.24) is 10.6 Å². The lowest BCUT2D eigenvalue weighted by atomic mass is 10.1. The van der Waals surface area contributed by atoms with Gasteiger partial charge in [-0.05, 0) is 60.3 Å². The topological polar surface area (TPSA) is 93.7 Å². The van der Waals surface area contributed by atoms with Gasteiger partial charge >= 0.3 is 5.97 Å². The fourth-order valence-corrected chi connectivity index (χ4v) is 2.69. The smallest absolute Gasteiger partial charge is 0.343 e. The van der Waals surface area contributed by atoms with Crippen LogP contribution < -0.4 is 20.1 Å². The standard InChI is InChI=1S/C19H13ClN2O5S/c1-26-15-9-10(8-13-16(23)21-19(28)22-17(13)24)2-7-14(15)27-18(25)11-3-5-12(20)6-4-11/h2-9H,1H3,(H2,21,22,23,24,28). The SMILES string of the molecule is COc1cc(C=C2C(=O)NC(=S)NC2=O)ccc1OC(=O)c1ccc(Cl)cc1. The van der Waals surface area contributed by atoms with E-state index in [-0.39, 0.29) is 22.2 Å². The number of ether oxygens (including phenoxy) is 2. The van der Waals surface area contributed by atoms with Crippen LogP contribution in [0.3, 0.4) is 0 Å². The molecular formula is C19H13ClN2O5S. The number of nitrogens with one attached hydrogen (secondary N) is 2. The first-order valence-corrected chi connectivity index (χ1v) is 8.70. The van der Waals surface area contributed by atoms with Gasteiger partial charge in [-0.3, -0.25) is 20.2 Å². The average Bonchev–Trinajstić information content (AvgIpc) is 2.66. The summed E-state index contributed by atoms with van der Waals surface area (Å²) >= 11 is 10.6. The summed E-state index contributed by atoms with van der Waals surface area (Å²) in [5.41, 5.74) is 0.710. The molecule has 0 unspecified atom stereocenters. The molecule has 0 bridgehead atoms. The predicted molar refractivity (Wildman–Crippen MR) is 106 cm³/mol. The van der Waals surface area contributed by atoms with Crippen molar-refractivity contribution in [2.75, 3.05) is 7.11 Å². The molecule has 3 rings (SSSR count). The molecule has 0 spiro atoms. The quantitative estimate of drug-likeness (QED) is 0.261. The van der Waals surface area contributed by atoms with E-state index in [2.05, 4.69) is 10.6 Å². The highest BCUT2D eigenvalue weighted by molar-refractivity contribution is 7.80. The summed E-state index contributed by atoms with van der Waals surface area (Å²) in [5, 5.41) is 5.16. The van der Waals surface area contributed by atoms with Crippen LogP contribution in [0.4, 0.5) is 0 Å². The summed E-state index contributed by atoms with van der Waals surface area (Å²) in [6, 6.07) is 10.9. The molecule has 1 fully saturated rings. The zero-order valence-electron chi connectivity index (χ0n) is 14.4. The fraction of sp³-hybridized carbons (Fsp3) is 0.0526. The molecule has 1 saturated heterocycles. The first-order valence-electron chi connectivity index (χ1n) is 7.91. The number of carbonyl (C=O) groups excluding carboxylic acids is 3. The van der Waals surface area contributed by atoms with Gasteiger partial charge in [-0.2, -0.15) is 0 Å². The first kappa shape index (κ1) is 19.5. The van der Waals surface area contributed by atoms with Crippen molar-refractivity contribution < 1.29 is 23.9 Å². The van der Waals surface area contributed by atoms with Gasteiger partial charge in [0.25, 0.3) is 11.8 Å². The number of thiocarbonyl (C=S) groups is 1. The van der Waals surface area contributed by atoms with Crippen molar-refractivity contribution in [1.29, 1.82) is 0 Å². The summed E-state index contributed by atoms with van der Waals surface area (Å²) in [6.07, 6.45) is 1.37. The van der Waals surface area contributed by atoms with Crippen molar-refractivity contribution in [3.05, 3.63) is 64.2 Å². The van der Waals surface area contributed by atoms with Crippen LogP contribution in [0.15, 0.2) is 48.0 Å². The number of rotatable bonds is 4. The first-order chi connectivity index (χ1) is 13.4. The summed E-state index contributed by atoms with van der Waals surface area (Å²) < 4.78 is 10.6. The molecule has 2 amide bonds. The molecule has 0 radical (unpaired) electrons. The largest absolute Gasteiger partial charge is 0.493 e. The number of hydrogen-bond donors (Lipinski definition) is 2. The molecule has 0 aliphatic carbocycles. The normalized spacial score (nSPS) is 13.5. The molecule has 1 aliphatic heterocycles. The van der Waals surface area contributed by atoms with Crippen molar-refractivity contribution in [2.45, 2.75) is 0 Å². The van der Waals surface area contributed by atoms with Gasteiger partial charge in [-0.15, -0.1) is 0 Å². The number of amides is 2. The maximum atomic E-state index is 12.3. The lowest BCUT2D eigenvalue weighted by molar-refractivity contribution is -0.123. The Morgan fingerprint density at radius 3 is 2.29 bits per heavy atom. The Bertz CT molecular complexity index is 995. The van der Waals surface area contributed by atoms with E-state index in [1.165, 1.54) is 25.3 Å². The molecule has 1 heterocycles. The maximum absolute atomic E-state index is 12.3. The lowest BCUT2D eigenvalue weighted by Crippen LogP contribution is -2.51. The molecule has 0 aromatic heterocycles. The van der Waals surface area contributed by atoms with Gasteiger partial charge in [0, 0.05) is 5.02 Å². The third-order valence-corrected chi connectivity index (χ3v) is 4.18. The van der Waals surface area contributed by atoms with Crippen LogP contribution in [0.5, 0.6) is 11.5 Å². The zero-order valence-corrected chi connectivity index (χ0v) is 16.0. The van der Waals surface area contributed by atoms with E-state index in [0.29, 0.717) is 16.1 Å². The van der Waals surface area contributed by atoms with E-state index in [1.807, 2.05) is 0 Å². The van der Waals surface area contributed by atoms with E-state index < -0.39 is 17.8 Å². The number of esters is 1. The summed E-state index contributed by atoms with van der Waals surface area (Å²) in [4.78, 5) is 36.1. The van der Waals surface area contributed by atoms with Crippen LogP contribution in [0.1, 0.15) is 15.9 Å². The minimum atomic E-state index is -0.606. The van der Waals surface area contributed by atoms with E-state index in [1.54, 1.807) is 30.3 Å². The Hall–Kier alpha value is -3.23. The molecule has 7 nitrogen and oxygen atoms in total. The molecule has 28 heavy (non-hydrogen) atoms. The molecule has 9 heteroatoms. The van der Waals surface area contributed by atoms with Crippen LogP contribution >= 0.6 is 23.8 Å². The molecule has 142 valence electrons. The van der Waals surface area contributed by atoms with Crippen LogP contribution in [-0.2, 0) is 9.59 Å². The number of benzene rings is 2. The van der Waals surface area contributed by atoms with Crippen LogP contribution in [0.2, 0.25) is 5.02 Å². The second-order valence-corrected chi connectivity index (χ2v) is 6.45. The Morgan fingerprint density at radius 1 is 1.04 bits per heavy atom. The third-order valence-electron chi connectivity index (χ3n) is 3.72. The van der Waals surface area contributed by atoms with Gasteiger partial charge < -0.3 is 9.47 Å². The van der Waals surface area contributed by atoms with E-state index in [4.69, 9.17) is 33.3 Å². The monoisotopic (exact) mass is 416 g/mol. The number of hydrogen-bond acceptors (Lipinski definition) is 6. The molecule has 0 saturated carbocycles.